The Morgan fingerprint density at radius 3 is 2.88 bits per heavy atom. The van der Waals surface area contributed by atoms with Crippen LogP contribution in [-0.4, -0.2) is 27.7 Å². The van der Waals surface area contributed by atoms with Crippen molar-refractivity contribution in [2.75, 3.05) is 18.9 Å². The maximum atomic E-state index is 5.85. The van der Waals surface area contributed by atoms with Gasteiger partial charge in [0.15, 0.2) is 0 Å². The molecule has 0 bridgehead atoms. The molecule has 16 heavy (non-hydrogen) atoms. The van der Waals surface area contributed by atoms with Gasteiger partial charge in [-0.1, -0.05) is 0 Å². The van der Waals surface area contributed by atoms with Crippen molar-refractivity contribution in [2.45, 2.75) is 6.04 Å². The summed E-state index contributed by atoms with van der Waals surface area (Å²) in [6.07, 6.45) is 2.01. The van der Waals surface area contributed by atoms with Crippen molar-refractivity contribution >= 4 is 51.0 Å². The van der Waals surface area contributed by atoms with E-state index in [9.17, 15) is 0 Å². The highest BCUT2D eigenvalue weighted by Crippen LogP contribution is 2.31. The molecule has 0 aliphatic carbocycles. The molecular weight excluding hydrogens is 342 g/mol. The summed E-state index contributed by atoms with van der Waals surface area (Å²) in [4.78, 5) is 8.20. The second-order valence-corrected chi connectivity index (χ2v) is 5.15. The van der Waals surface area contributed by atoms with Gasteiger partial charge >= 0.3 is 0 Å². The first-order valence-corrected chi connectivity index (χ1v) is 6.19. The molecule has 0 aromatic carbocycles. The lowest BCUT2D eigenvalue weighted by Gasteiger charge is -2.27. The van der Waals surface area contributed by atoms with Crippen molar-refractivity contribution in [3.63, 3.8) is 0 Å². The molecule has 5 nitrogen and oxygen atoms in total. The van der Waals surface area contributed by atoms with Crippen LogP contribution in [-0.2, 0) is 4.74 Å². The van der Waals surface area contributed by atoms with Gasteiger partial charge in [-0.15, -0.1) is 0 Å². The van der Waals surface area contributed by atoms with Crippen LogP contribution in [0.4, 0.5) is 5.82 Å². The van der Waals surface area contributed by atoms with Gasteiger partial charge in [0.2, 0.25) is 5.28 Å². The van der Waals surface area contributed by atoms with Gasteiger partial charge in [0, 0.05) is 9.77 Å². The zero-order chi connectivity index (χ0) is 11.3. The largest absolute Gasteiger partial charge is 0.383 e. The molecule has 2 aromatic rings. The van der Waals surface area contributed by atoms with Crippen LogP contribution in [0.2, 0.25) is 5.28 Å². The number of aromatic nitrogens is 3. The van der Waals surface area contributed by atoms with E-state index in [1.165, 1.54) is 0 Å². The summed E-state index contributed by atoms with van der Waals surface area (Å²) >= 11 is 8.05. The number of nitrogens with two attached hydrogens (primary N) is 1. The second kappa shape index (κ2) is 3.71. The van der Waals surface area contributed by atoms with Crippen LogP contribution in [0, 0.1) is 3.57 Å². The molecule has 1 fully saturated rings. The predicted molar refractivity (Wildman–Crippen MR) is 69.5 cm³/mol. The van der Waals surface area contributed by atoms with E-state index in [1.807, 2.05) is 6.20 Å². The van der Waals surface area contributed by atoms with Crippen molar-refractivity contribution in [1.29, 1.82) is 0 Å². The summed E-state index contributed by atoms with van der Waals surface area (Å²) in [5.41, 5.74) is 6.63. The average Bonchev–Trinajstić information content (AvgIpc) is 2.40. The molecular formula is C9H8ClIN4O. The summed E-state index contributed by atoms with van der Waals surface area (Å²) in [7, 11) is 0. The number of anilines is 1. The summed E-state index contributed by atoms with van der Waals surface area (Å²) in [6, 6.07) is 0.330. The summed E-state index contributed by atoms with van der Waals surface area (Å²) in [5.74, 6) is 0.429. The smallest absolute Gasteiger partial charge is 0.226 e. The van der Waals surface area contributed by atoms with Crippen molar-refractivity contribution in [3.05, 3.63) is 15.1 Å². The van der Waals surface area contributed by atoms with Crippen molar-refractivity contribution in [3.8, 4) is 0 Å². The Bertz CT molecular complexity index is 566. The number of hydrogen-bond donors (Lipinski definition) is 1. The second-order valence-electron chi connectivity index (χ2n) is 3.65. The Morgan fingerprint density at radius 2 is 2.25 bits per heavy atom. The quantitative estimate of drug-likeness (QED) is 0.630. The molecule has 1 aliphatic rings. The molecule has 0 amide bonds. The molecule has 3 heterocycles. The monoisotopic (exact) mass is 350 g/mol. The topological polar surface area (TPSA) is 66.0 Å². The molecule has 1 aliphatic heterocycles. The zero-order valence-electron chi connectivity index (χ0n) is 8.15. The lowest BCUT2D eigenvalue weighted by atomic mass is 10.2. The van der Waals surface area contributed by atoms with Gasteiger partial charge in [0.1, 0.15) is 11.5 Å². The minimum Gasteiger partial charge on any atom is -0.383 e. The minimum absolute atomic E-state index is 0.181. The normalized spacial score (nSPS) is 16.6. The third-order valence-electron chi connectivity index (χ3n) is 2.64. The fourth-order valence-electron chi connectivity index (χ4n) is 1.76. The zero-order valence-corrected chi connectivity index (χ0v) is 11.1. The van der Waals surface area contributed by atoms with E-state index in [0.717, 1.165) is 14.6 Å². The lowest BCUT2D eigenvalue weighted by Crippen LogP contribution is -2.30. The van der Waals surface area contributed by atoms with Crippen LogP contribution in [0.3, 0.4) is 0 Å². The third kappa shape index (κ3) is 1.47. The maximum Gasteiger partial charge on any atom is 0.226 e. The molecule has 2 N–H and O–H groups in total. The van der Waals surface area contributed by atoms with Gasteiger partial charge in [-0.25, -0.2) is 4.98 Å². The number of halogens is 2. The molecule has 0 spiro atoms. The average molecular weight is 351 g/mol. The molecule has 0 saturated carbocycles. The number of rotatable bonds is 1. The van der Waals surface area contributed by atoms with Gasteiger partial charge in [0.05, 0.1) is 24.6 Å². The van der Waals surface area contributed by atoms with Gasteiger partial charge < -0.3 is 15.0 Å². The van der Waals surface area contributed by atoms with Crippen LogP contribution in [0.1, 0.15) is 6.04 Å². The van der Waals surface area contributed by atoms with Gasteiger partial charge in [-0.3, -0.25) is 0 Å². The third-order valence-corrected chi connectivity index (χ3v) is 3.63. The fourth-order valence-corrected chi connectivity index (χ4v) is 2.75. The lowest BCUT2D eigenvalue weighted by molar-refractivity contribution is -0.0216. The van der Waals surface area contributed by atoms with Crippen LogP contribution in [0.25, 0.3) is 11.0 Å². The Labute approximate surface area is 110 Å². The molecule has 3 rings (SSSR count). The number of hydrogen-bond acceptors (Lipinski definition) is 4. The standard InChI is InChI=1S/C9H8ClIN4O/c10-9-13-7(12)6-5(11)1-15(8(6)14-9)4-2-16-3-4/h1,4H,2-3H2,(H2,12,13,14). The number of ether oxygens (including phenoxy) is 1. The Morgan fingerprint density at radius 1 is 1.50 bits per heavy atom. The maximum absolute atomic E-state index is 5.85. The Balaban J connectivity index is 2.29. The van der Waals surface area contributed by atoms with Crippen LogP contribution in [0.15, 0.2) is 6.20 Å². The van der Waals surface area contributed by atoms with Gasteiger partial charge in [-0.2, -0.15) is 4.98 Å². The molecule has 2 aromatic heterocycles. The van der Waals surface area contributed by atoms with Crippen molar-refractivity contribution in [1.82, 2.24) is 14.5 Å². The van der Waals surface area contributed by atoms with Gasteiger partial charge in [-0.05, 0) is 34.2 Å². The first kappa shape index (κ1) is 10.5. The van der Waals surface area contributed by atoms with Crippen LogP contribution in [0.5, 0.6) is 0 Å². The number of nitrogen functional groups attached to an aromatic ring is 1. The van der Waals surface area contributed by atoms with E-state index in [-0.39, 0.29) is 5.28 Å². The van der Waals surface area contributed by atoms with Crippen LogP contribution >= 0.6 is 34.2 Å². The first-order chi connectivity index (χ1) is 7.66. The van der Waals surface area contributed by atoms with Crippen molar-refractivity contribution < 1.29 is 4.74 Å². The van der Waals surface area contributed by atoms with Crippen molar-refractivity contribution in [2.24, 2.45) is 0 Å². The predicted octanol–water partition coefficient (Wildman–Crippen LogP) is 1.84. The molecule has 7 heteroatoms. The van der Waals surface area contributed by atoms with E-state index in [2.05, 4.69) is 37.1 Å². The molecule has 0 atom stereocenters. The van der Waals surface area contributed by atoms with Crippen LogP contribution < -0.4 is 5.73 Å². The highest BCUT2D eigenvalue weighted by Gasteiger charge is 2.24. The highest BCUT2D eigenvalue weighted by atomic mass is 127. The summed E-state index contributed by atoms with van der Waals surface area (Å²) in [5, 5.41) is 1.05. The summed E-state index contributed by atoms with van der Waals surface area (Å²) in [6.45, 7) is 1.42. The van der Waals surface area contributed by atoms with E-state index in [4.69, 9.17) is 22.1 Å². The minimum atomic E-state index is 0.181. The highest BCUT2D eigenvalue weighted by molar-refractivity contribution is 14.1. The number of nitrogens with zero attached hydrogens (tertiary/aromatic N) is 3. The fraction of sp³-hybridized carbons (Fsp3) is 0.333. The van der Waals surface area contributed by atoms with E-state index < -0.39 is 0 Å². The molecule has 0 radical (unpaired) electrons. The Hall–Kier alpha value is -0.600. The number of fused-ring (bicyclic) bond motifs is 1. The van der Waals surface area contributed by atoms with Gasteiger partial charge in [0.25, 0.3) is 0 Å². The SMILES string of the molecule is Nc1nc(Cl)nc2c1c(I)cn2C1COC1. The summed E-state index contributed by atoms with van der Waals surface area (Å²) < 4.78 is 8.27. The molecule has 0 unspecified atom stereocenters. The molecule has 84 valence electrons. The Kier molecular flexibility index (Phi) is 2.45. The van der Waals surface area contributed by atoms with E-state index in [1.54, 1.807) is 0 Å². The first-order valence-electron chi connectivity index (χ1n) is 4.73. The molecule has 1 saturated heterocycles. The van der Waals surface area contributed by atoms with E-state index in [0.29, 0.717) is 25.1 Å². The van der Waals surface area contributed by atoms with E-state index >= 15 is 0 Å².